The van der Waals surface area contributed by atoms with Gasteiger partial charge in [0.25, 0.3) is 0 Å². The molecule has 0 saturated heterocycles. The summed E-state index contributed by atoms with van der Waals surface area (Å²) >= 11 is 6.04. The van der Waals surface area contributed by atoms with Gasteiger partial charge in [0.05, 0.1) is 0 Å². The van der Waals surface area contributed by atoms with Crippen LogP contribution in [0.1, 0.15) is 78.0 Å². The molecule has 2 aromatic rings. The first-order chi connectivity index (χ1) is 15.3. The van der Waals surface area contributed by atoms with Crippen LogP contribution in [0.5, 0.6) is 0 Å². The monoisotopic (exact) mass is 470 g/mol. The third-order valence-electron chi connectivity index (χ3n) is 5.60. The molecule has 0 fully saturated rings. The van der Waals surface area contributed by atoms with E-state index in [1.807, 2.05) is 52.0 Å². The number of halogens is 1. The number of aryl methyl sites for hydroxylation is 1. The summed E-state index contributed by atoms with van der Waals surface area (Å²) in [5.41, 5.74) is 3.07. The quantitative estimate of drug-likeness (QED) is 0.492. The number of amides is 2. The molecular weight excluding hydrogens is 432 g/mol. The lowest BCUT2D eigenvalue weighted by Crippen LogP contribution is -2.53. The van der Waals surface area contributed by atoms with Gasteiger partial charge in [-0.3, -0.25) is 9.59 Å². The topological polar surface area (TPSA) is 49.4 Å². The minimum absolute atomic E-state index is 0.0271. The first-order valence-electron chi connectivity index (χ1n) is 11.8. The molecule has 0 bridgehead atoms. The van der Waals surface area contributed by atoms with Crippen LogP contribution in [0.4, 0.5) is 0 Å². The Balaban J connectivity index is 2.20. The number of rotatable bonds is 8. The zero-order chi connectivity index (χ0) is 24.8. The summed E-state index contributed by atoms with van der Waals surface area (Å²) in [6.45, 7) is 14.7. The van der Waals surface area contributed by atoms with Crippen molar-refractivity contribution in [1.29, 1.82) is 0 Å². The number of carbonyl (C=O) groups excluding carboxylic acids is 2. The number of carbonyl (C=O) groups is 2. The zero-order valence-electron chi connectivity index (χ0n) is 21.2. The van der Waals surface area contributed by atoms with Gasteiger partial charge in [0.2, 0.25) is 11.8 Å². The lowest BCUT2D eigenvalue weighted by atomic mass is 9.86. The highest BCUT2D eigenvalue weighted by Crippen LogP contribution is 2.23. The van der Waals surface area contributed by atoms with E-state index in [4.69, 9.17) is 11.6 Å². The fraction of sp³-hybridized carbons (Fsp3) is 0.500. The Morgan fingerprint density at radius 3 is 1.94 bits per heavy atom. The Labute approximate surface area is 204 Å². The number of benzene rings is 2. The fourth-order valence-electron chi connectivity index (χ4n) is 3.73. The normalized spacial score (nSPS) is 12.8. The smallest absolute Gasteiger partial charge is 0.243 e. The number of hydrogen-bond acceptors (Lipinski definition) is 2. The molecule has 0 aliphatic rings. The average molecular weight is 471 g/mol. The molecule has 180 valence electrons. The minimum Gasteiger partial charge on any atom is -0.350 e. The Hall–Kier alpha value is -2.33. The van der Waals surface area contributed by atoms with Crippen LogP contribution in [0.25, 0.3) is 0 Å². The van der Waals surface area contributed by atoms with Crippen LogP contribution in [0.3, 0.4) is 0 Å². The Morgan fingerprint density at radius 2 is 1.45 bits per heavy atom. The second-order valence-corrected chi connectivity index (χ2v) is 11.2. The predicted octanol–water partition coefficient (Wildman–Crippen LogP) is 6.29. The van der Waals surface area contributed by atoms with Gasteiger partial charge in [0, 0.05) is 23.5 Å². The molecule has 0 aliphatic heterocycles. The second kappa shape index (κ2) is 11.2. The van der Waals surface area contributed by atoms with Gasteiger partial charge in [-0.15, -0.1) is 0 Å². The van der Waals surface area contributed by atoms with Crippen molar-refractivity contribution in [2.75, 3.05) is 0 Å². The summed E-state index contributed by atoms with van der Waals surface area (Å²) in [6.07, 6.45) is 1.53. The highest BCUT2D eigenvalue weighted by molar-refractivity contribution is 6.30. The van der Waals surface area contributed by atoms with Gasteiger partial charge in [-0.2, -0.15) is 0 Å². The first-order valence-corrected chi connectivity index (χ1v) is 12.1. The van der Waals surface area contributed by atoms with Crippen LogP contribution >= 0.6 is 11.6 Å². The lowest BCUT2D eigenvalue weighted by Gasteiger charge is -2.33. The Kier molecular flexibility index (Phi) is 9.13. The summed E-state index contributed by atoms with van der Waals surface area (Å²) < 4.78 is 0. The first kappa shape index (κ1) is 26.9. The summed E-state index contributed by atoms with van der Waals surface area (Å²) in [6, 6.07) is 15.4. The van der Waals surface area contributed by atoms with Crippen LogP contribution < -0.4 is 5.32 Å². The maximum Gasteiger partial charge on any atom is 0.243 e. The van der Waals surface area contributed by atoms with Gasteiger partial charge < -0.3 is 10.2 Å². The second-order valence-electron chi connectivity index (χ2n) is 10.8. The molecule has 4 nitrogen and oxygen atoms in total. The van der Waals surface area contributed by atoms with E-state index in [1.165, 1.54) is 5.56 Å². The standard InChI is InChI=1S/C28H39ClN2O2/c1-8-24(26(33)30-28(5,6)7)31(19-21-11-16-23(29)17-12-21)25(32)18-13-20-9-14-22(15-10-20)27(2,3)4/h9-12,14-17,24H,8,13,18-19H2,1-7H3,(H,30,33). The highest BCUT2D eigenvalue weighted by Gasteiger charge is 2.30. The number of nitrogens with zero attached hydrogens (tertiary/aromatic N) is 1. The van der Waals surface area contributed by atoms with Crippen molar-refractivity contribution in [2.24, 2.45) is 0 Å². The van der Waals surface area contributed by atoms with E-state index in [2.05, 4.69) is 50.4 Å². The lowest BCUT2D eigenvalue weighted by molar-refractivity contribution is -0.142. The largest absolute Gasteiger partial charge is 0.350 e. The van der Waals surface area contributed by atoms with Gasteiger partial charge in [-0.05, 0) is 67.9 Å². The van der Waals surface area contributed by atoms with E-state index >= 15 is 0 Å². The van der Waals surface area contributed by atoms with E-state index < -0.39 is 6.04 Å². The highest BCUT2D eigenvalue weighted by atomic mass is 35.5. The fourth-order valence-corrected chi connectivity index (χ4v) is 3.85. The van der Waals surface area contributed by atoms with Crippen molar-refractivity contribution in [1.82, 2.24) is 10.2 Å². The molecule has 0 radical (unpaired) electrons. The predicted molar refractivity (Wildman–Crippen MR) is 137 cm³/mol. The maximum atomic E-state index is 13.4. The summed E-state index contributed by atoms with van der Waals surface area (Å²) in [5.74, 6) is -0.150. The summed E-state index contributed by atoms with van der Waals surface area (Å²) in [5, 5.41) is 3.69. The minimum atomic E-state index is -0.532. The molecule has 0 aliphatic carbocycles. The molecule has 0 heterocycles. The van der Waals surface area contributed by atoms with E-state index in [0.717, 1.165) is 11.1 Å². The van der Waals surface area contributed by atoms with Crippen LogP contribution in [-0.4, -0.2) is 28.3 Å². The Bertz CT molecular complexity index is 922. The van der Waals surface area contributed by atoms with Gasteiger partial charge in [-0.1, -0.05) is 75.7 Å². The van der Waals surface area contributed by atoms with Crippen LogP contribution in [-0.2, 0) is 28.0 Å². The van der Waals surface area contributed by atoms with E-state index in [-0.39, 0.29) is 22.8 Å². The average Bonchev–Trinajstić information content (AvgIpc) is 2.71. The molecule has 2 aromatic carbocycles. The zero-order valence-corrected chi connectivity index (χ0v) is 21.9. The number of nitrogens with one attached hydrogen (secondary N) is 1. The number of hydrogen-bond donors (Lipinski definition) is 1. The van der Waals surface area contributed by atoms with Crippen LogP contribution in [0, 0.1) is 0 Å². The maximum absolute atomic E-state index is 13.4. The third kappa shape index (κ3) is 8.51. The molecule has 1 N–H and O–H groups in total. The van der Waals surface area contributed by atoms with Gasteiger partial charge in [0.15, 0.2) is 0 Å². The molecule has 2 amide bonds. The molecule has 0 aromatic heterocycles. The SMILES string of the molecule is CCC(C(=O)NC(C)(C)C)N(Cc1ccc(Cl)cc1)C(=O)CCc1ccc(C(C)(C)C)cc1. The van der Waals surface area contributed by atoms with Crippen molar-refractivity contribution in [3.63, 3.8) is 0 Å². The summed E-state index contributed by atoms with van der Waals surface area (Å²) in [7, 11) is 0. The van der Waals surface area contributed by atoms with Gasteiger partial charge in [0.1, 0.15) is 6.04 Å². The molecule has 1 atom stereocenters. The van der Waals surface area contributed by atoms with Gasteiger partial charge in [-0.25, -0.2) is 0 Å². The van der Waals surface area contributed by atoms with Crippen LogP contribution in [0.15, 0.2) is 48.5 Å². The van der Waals surface area contributed by atoms with E-state index in [9.17, 15) is 9.59 Å². The molecule has 33 heavy (non-hydrogen) atoms. The molecule has 2 rings (SSSR count). The van der Waals surface area contributed by atoms with Crippen molar-refractivity contribution in [3.8, 4) is 0 Å². The van der Waals surface area contributed by atoms with Crippen molar-refractivity contribution >= 4 is 23.4 Å². The molecule has 0 spiro atoms. The van der Waals surface area contributed by atoms with Gasteiger partial charge >= 0.3 is 0 Å². The van der Waals surface area contributed by atoms with E-state index in [1.54, 1.807) is 4.90 Å². The summed E-state index contributed by atoms with van der Waals surface area (Å²) in [4.78, 5) is 28.2. The third-order valence-corrected chi connectivity index (χ3v) is 5.85. The molecule has 0 saturated carbocycles. The van der Waals surface area contributed by atoms with Crippen molar-refractivity contribution in [3.05, 3.63) is 70.2 Å². The Morgan fingerprint density at radius 1 is 0.909 bits per heavy atom. The van der Waals surface area contributed by atoms with E-state index in [0.29, 0.717) is 30.8 Å². The van der Waals surface area contributed by atoms with Crippen molar-refractivity contribution < 1.29 is 9.59 Å². The molecule has 1 unspecified atom stereocenters. The van der Waals surface area contributed by atoms with Crippen molar-refractivity contribution in [2.45, 2.75) is 91.3 Å². The molecular formula is C28H39ClN2O2. The van der Waals surface area contributed by atoms with Crippen LogP contribution in [0.2, 0.25) is 5.02 Å². The molecule has 5 heteroatoms.